The van der Waals surface area contributed by atoms with Gasteiger partial charge in [-0.1, -0.05) is 24.9 Å². The number of benzene rings is 1. The lowest BCUT2D eigenvalue weighted by Crippen LogP contribution is -2.35. The Morgan fingerprint density at radius 2 is 2.00 bits per heavy atom. The lowest BCUT2D eigenvalue weighted by molar-refractivity contribution is -0.137. The van der Waals surface area contributed by atoms with Crippen LogP contribution in [0.5, 0.6) is 0 Å². The van der Waals surface area contributed by atoms with Crippen LogP contribution in [0.4, 0.5) is 23.7 Å². The molecule has 1 aromatic rings. The number of alkyl halides is 3. The van der Waals surface area contributed by atoms with Crippen molar-refractivity contribution in [3.8, 4) is 0 Å². The summed E-state index contributed by atoms with van der Waals surface area (Å²) in [7, 11) is 0. The van der Waals surface area contributed by atoms with E-state index in [1.54, 1.807) is 4.90 Å². The molecule has 1 N–H and O–H groups in total. The van der Waals surface area contributed by atoms with Crippen LogP contribution in [0.3, 0.4) is 0 Å². The Hall–Kier alpha value is -1.43. The summed E-state index contributed by atoms with van der Waals surface area (Å²) in [5.41, 5.74) is -0.884. The van der Waals surface area contributed by atoms with E-state index in [1.165, 1.54) is 6.07 Å². The maximum atomic E-state index is 12.7. The molecule has 0 radical (unpaired) electrons. The van der Waals surface area contributed by atoms with Crippen LogP contribution in [0, 0.1) is 0 Å². The van der Waals surface area contributed by atoms with Crippen molar-refractivity contribution in [2.75, 3.05) is 18.4 Å². The smallest absolute Gasteiger partial charge is 0.325 e. The summed E-state index contributed by atoms with van der Waals surface area (Å²) in [6.45, 7) is 4.88. The summed E-state index contributed by atoms with van der Waals surface area (Å²) in [6.07, 6.45) is -2.77. The SMILES string of the molecule is CCCCN(CC)C(=O)Nc1ccc(Cl)c(C(F)(F)F)c1. The van der Waals surface area contributed by atoms with Crippen molar-refractivity contribution >= 4 is 23.3 Å². The van der Waals surface area contributed by atoms with Gasteiger partial charge in [0.05, 0.1) is 10.6 Å². The van der Waals surface area contributed by atoms with E-state index in [0.717, 1.165) is 25.0 Å². The zero-order valence-corrected chi connectivity index (χ0v) is 12.7. The van der Waals surface area contributed by atoms with Crippen LogP contribution in [0.25, 0.3) is 0 Å². The van der Waals surface area contributed by atoms with Gasteiger partial charge in [-0.2, -0.15) is 13.2 Å². The summed E-state index contributed by atoms with van der Waals surface area (Å²) in [5, 5.41) is 2.08. The standard InChI is InChI=1S/C14H18ClF3N2O/c1-3-5-8-20(4-2)13(21)19-10-6-7-12(15)11(9-10)14(16,17)18/h6-7,9H,3-5,8H2,1-2H3,(H,19,21). The number of urea groups is 1. The van der Waals surface area contributed by atoms with Crippen LogP contribution in [0.15, 0.2) is 18.2 Å². The number of halogens is 4. The molecule has 0 saturated heterocycles. The lowest BCUT2D eigenvalue weighted by atomic mass is 10.2. The fourth-order valence-corrected chi connectivity index (χ4v) is 2.00. The van der Waals surface area contributed by atoms with Gasteiger partial charge in [-0.05, 0) is 31.5 Å². The van der Waals surface area contributed by atoms with Crippen molar-refractivity contribution in [1.82, 2.24) is 4.90 Å². The van der Waals surface area contributed by atoms with E-state index in [9.17, 15) is 18.0 Å². The van der Waals surface area contributed by atoms with Crippen LogP contribution in [-0.2, 0) is 6.18 Å². The number of amides is 2. The number of nitrogens with one attached hydrogen (secondary N) is 1. The highest BCUT2D eigenvalue weighted by Gasteiger charge is 2.33. The maximum Gasteiger partial charge on any atom is 0.417 e. The Morgan fingerprint density at radius 3 is 2.52 bits per heavy atom. The number of anilines is 1. The normalized spacial score (nSPS) is 11.3. The molecule has 0 unspecified atom stereocenters. The van der Waals surface area contributed by atoms with Crippen molar-refractivity contribution in [3.63, 3.8) is 0 Å². The number of nitrogens with zero attached hydrogens (tertiary/aromatic N) is 1. The summed E-state index contributed by atoms with van der Waals surface area (Å²) in [6, 6.07) is 2.90. The fourth-order valence-electron chi connectivity index (χ4n) is 1.78. The molecule has 0 spiro atoms. The average molecular weight is 323 g/mol. The average Bonchev–Trinajstić information content (AvgIpc) is 2.40. The number of rotatable bonds is 5. The molecular weight excluding hydrogens is 305 g/mol. The van der Waals surface area contributed by atoms with Crippen molar-refractivity contribution < 1.29 is 18.0 Å². The molecular formula is C14H18ClF3N2O. The highest BCUT2D eigenvalue weighted by Crippen LogP contribution is 2.36. The number of carbonyl (C=O) groups is 1. The molecule has 0 fully saturated rings. The van der Waals surface area contributed by atoms with Crippen molar-refractivity contribution in [3.05, 3.63) is 28.8 Å². The highest BCUT2D eigenvalue weighted by molar-refractivity contribution is 6.31. The van der Waals surface area contributed by atoms with E-state index >= 15 is 0 Å². The Kier molecular flexibility index (Phi) is 6.33. The van der Waals surface area contributed by atoms with Gasteiger partial charge < -0.3 is 10.2 Å². The molecule has 2 amide bonds. The molecule has 7 heteroatoms. The number of hydrogen-bond donors (Lipinski definition) is 1. The van der Waals surface area contributed by atoms with E-state index in [2.05, 4.69) is 5.32 Å². The first kappa shape index (κ1) is 17.6. The van der Waals surface area contributed by atoms with Gasteiger partial charge in [-0.3, -0.25) is 0 Å². The minimum atomic E-state index is -4.55. The van der Waals surface area contributed by atoms with E-state index < -0.39 is 17.8 Å². The highest BCUT2D eigenvalue weighted by atomic mass is 35.5. The number of hydrogen-bond acceptors (Lipinski definition) is 1. The van der Waals surface area contributed by atoms with Gasteiger partial charge in [0, 0.05) is 18.8 Å². The third-order valence-corrected chi connectivity index (χ3v) is 3.30. The van der Waals surface area contributed by atoms with Gasteiger partial charge in [-0.25, -0.2) is 4.79 Å². The quantitative estimate of drug-likeness (QED) is 0.811. The van der Waals surface area contributed by atoms with E-state index in [4.69, 9.17) is 11.6 Å². The third-order valence-electron chi connectivity index (χ3n) is 2.97. The minimum Gasteiger partial charge on any atom is -0.325 e. The van der Waals surface area contributed by atoms with Gasteiger partial charge in [-0.15, -0.1) is 0 Å². The third kappa shape index (κ3) is 5.12. The Labute approximate surface area is 127 Å². The largest absolute Gasteiger partial charge is 0.417 e. The molecule has 21 heavy (non-hydrogen) atoms. The zero-order valence-electron chi connectivity index (χ0n) is 11.9. The molecule has 0 aliphatic heterocycles. The molecule has 1 rings (SSSR count). The molecule has 1 aromatic carbocycles. The van der Waals surface area contributed by atoms with Crippen LogP contribution in [0.1, 0.15) is 32.3 Å². The van der Waals surface area contributed by atoms with Crippen LogP contribution in [-0.4, -0.2) is 24.0 Å². The topological polar surface area (TPSA) is 32.3 Å². The summed E-state index contributed by atoms with van der Waals surface area (Å²) in [5.74, 6) is 0. The van der Waals surface area contributed by atoms with E-state index in [-0.39, 0.29) is 10.7 Å². The summed E-state index contributed by atoms with van der Waals surface area (Å²) in [4.78, 5) is 13.5. The minimum absolute atomic E-state index is 0.0756. The van der Waals surface area contributed by atoms with Crippen molar-refractivity contribution in [2.24, 2.45) is 0 Å². The Balaban J connectivity index is 2.85. The predicted molar refractivity (Wildman–Crippen MR) is 77.6 cm³/mol. The fraction of sp³-hybridized carbons (Fsp3) is 0.500. The zero-order chi connectivity index (χ0) is 16.0. The van der Waals surface area contributed by atoms with Gasteiger partial charge in [0.15, 0.2) is 0 Å². The molecule has 0 saturated carbocycles. The molecule has 0 bridgehead atoms. The van der Waals surface area contributed by atoms with E-state index in [1.807, 2.05) is 13.8 Å². The molecule has 0 atom stereocenters. The van der Waals surface area contributed by atoms with Crippen molar-refractivity contribution in [2.45, 2.75) is 32.9 Å². The van der Waals surface area contributed by atoms with Gasteiger partial charge in [0.1, 0.15) is 0 Å². The first-order chi connectivity index (χ1) is 9.79. The van der Waals surface area contributed by atoms with Gasteiger partial charge in [0.2, 0.25) is 0 Å². The van der Waals surface area contributed by atoms with Gasteiger partial charge >= 0.3 is 12.2 Å². The monoisotopic (exact) mass is 322 g/mol. The van der Waals surface area contributed by atoms with Crippen LogP contribution in [0.2, 0.25) is 5.02 Å². The molecule has 0 aliphatic rings. The first-order valence-electron chi connectivity index (χ1n) is 6.72. The van der Waals surface area contributed by atoms with E-state index in [0.29, 0.717) is 13.1 Å². The molecule has 118 valence electrons. The number of unbranched alkanes of at least 4 members (excludes halogenated alkanes) is 1. The van der Waals surface area contributed by atoms with Crippen LogP contribution < -0.4 is 5.32 Å². The molecule has 3 nitrogen and oxygen atoms in total. The van der Waals surface area contributed by atoms with Gasteiger partial charge in [0.25, 0.3) is 0 Å². The van der Waals surface area contributed by atoms with Crippen molar-refractivity contribution in [1.29, 1.82) is 0 Å². The predicted octanol–water partition coefficient (Wildman–Crippen LogP) is 5.01. The first-order valence-corrected chi connectivity index (χ1v) is 7.10. The summed E-state index contributed by atoms with van der Waals surface area (Å²) >= 11 is 5.53. The second-order valence-electron chi connectivity index (χ2n) is 4.56. The number of carbonyl (C=O) groups excluding carboxylic acids is 1. The lowest BCUT2D eigenvalue weighted by Gasteiger charge is -2.21. The molecule has 0 aliphatic carbocycles. The molecule has 0 heterocycles. The summed E-state index contributed by atoms with van der Waals surface area (Å²) < 4.78 is 38.2. The second-order valence-corrected chi connectivity index (χ2v) is 4.96. The Morgan fingerprint density at radius 1 is 1.33 bits per heavy atom. The van der Waals surface area contributed by atoms with Crippen LogP contribution >= 0.6 is 11.6 Å². The maximum absolute atomic E-state index is 12.7. The second kappa shape index (κ2) is 7.54. The Bertz CT molecular complexity index is 492. The molecule has 0 aromatic heterocycles.